The molecule has 0 bridgehead atoms. The Hall–Kier alpha value is -1.96. The Bertz CT molecular complexity index is 678. The number of nitrogens with one attached hydrogen (secondary N) is 1. The lowest BCUT2D eigenvalue weighted by Crippen LogP contribution is -2.28. The van der Waals surface area contributed by atoms with Crippen molar-refractivity contribution in [2.45, 2.75) is 38.0 Å². The molecule has 1 aromatic heterocycles. The summed E-state index contributed by atoms with van der Waals surface area (Å²) in [5.41, 5.74) is 0.0414. The maximum Gasteiger partial charge on any atom is 0.416 e. The molecular formula is C15H18F3N5. The van der Waals surface area contributed by atoms with Crippen LogP contribution in [0.15, 0.2) is 24.3 Å². The molecule has 1 saturated carbocycles. The molecular weight excluding hydrogens is 307 g/mol. The average Bonchev–Trinajstić information content (AvgIpc) is 3.25. The molecule has 8 heteroatoms. The molecule has 0 spiro atoms. The lowest BCUT2D eigenvalue weighted by atomic mass is 9.99. The maximum atomic E-state index is 12.9. The zero-order chi connectivity index (χ0) is 16.6. The van der Waals surface area contributed by atoms with Crippen LogP contribution in [0.1, 0.15) is 48.8 Å². The van der Waals surface area contributed by atoms with Crippen molar-refractivity contribution >= 4 is 0 Å². The molecule has 1 aliphatic rings. The van der Waals surface area contributed by atoms with Crippen LogP contribution in [0, 0.1) is 5.92 Å². The van der Waals surface area contributed by atoms with Gasteiger partial charge in [-0.25, -0.2) is 4.68 Å². The first-order valence-corrected chi connectivity index (χ1v) is 7.51. The zero-order valence-electron chi connectivity index (χ0n) is 12.9. The molecule has 3 rings (SSSR count). The summed E-state index contributed by atoms with van der Waals surface area (Å²) in [6, 6.07) is 5.25. The summed E-state index contributed by atoms with van der Waals surface area (Å²) in [7, 11) is 1.74. The number of hydrogen-bond donors (Lipinski definition) is 1. The molecule has 2 atom stereocenters. The number of halogens is 3. The molecule has 0 saturated heterocycles. The standard InChI is InChI=1S/C15H18F3N5/c1-9(14-20-21-22-23(14)2)19-13(10-6-7-10)11-4-3-5-12(8-11)15(16,17)18/h3-5,8-10,13,19H,6-7H2,1-2H3. The predicted molar refractivity (Wildman–Crippen MR) is 77.3 cm³/mol. The number of alkyl halides is 3. The van der Waals surface area contributed by atoms with E-state index in [0.717, 1.165) is 18.9 Å². The highest BCUT2D eigenvalue weighted by Crippen LogP contribution is 2.43. The van der Waals surface area contributed by atoms with Crippen molar-refractivity contribution in [2.75, 3.05) is 0 Å². The first-order chi connectivity index (χ1) is 10.9. The van der Waals surface area contributed by atoms with E-state index >= 15 is 0 Å². The summed E-state index contributed by atoms with van der Waals surface area (Å²) < 4.78 is 40.4. The summed E-state index contributed by atoms with van der Waals surface area (Å²) in [6.45, 7) is 1.91. The highest BCUT2D eigenvalue weighted by molar-refractivity contribution is 5.29. The third kappa shape index (κ3) is 3.52. The van der Waals surface area contributed by atoms with Gasteiger partial charge in [0.2, 0.25) is 0 Å². The van der Waals surface area contributed by atoms with E-state index < -0.39 is 11.7 Å². The van der Waals surface area contributed by atoms with Gasteiger partial charge >= 0.3 is 6.18 Å². The molecule has 0 aliphatic heterocycles. The van der Waals surface area contributed by atoms with Gasteiger partial charge < -0.3 is 5.32 Å². The smallest absolute Gasteiger partial charge is 0.300 e. The van der Waals surface area contributed by atoms with E-state index in [1.807, 2.05) is 6.92 Å². The van der Waals surface area contributed by atoms with E-state index in [1.54, 1.807) is 17.8 Å². The van der Waals surface area contributed by atoms with Crippen LogP contribution in [0.3, 0.4) is 0 Å². The second kappa shape index (κ2) is 5.92. The third-order valence-electron chi connectivity index (χ3n) is 4.14. The number of tetrazole rings is 1. The highest BCUT2D eigenvalue weighted by atomic mass is 19.4. The van der Waals surface area contributed by atoms with Gasteiger partial charge in [-0.2, -0.15) is 13.2 Å². The molecule has 1 fully saturated rings. The van der Waals surface area contributed by atoms with E-state index in [-0.39, 0.29) is 12.1 Å². The molecule has 2 aromatic rings. The highest BCUT2D eigenvalue weighted by Gasteiger charge is 2.36. The molecule has 1 heterocycles. The van der Waals surface area contributed by atoms with Crippen LogP contribution in [0.5, 0.6) is 0 Å². The molecule has 0 amide bonds. The van der Waals surface area contributed by atoms with Crippen molar-refractivity contribution in [1.82, 2.24) is 25.5 Å². The fourth-order valence-electron chi connectivity index (χ4n) is 2.79. The SMILES string of the molecule is CC(NC(c1cccc(C(F)(F)F)c1)C1CC1)c1nnnn1C. The van der Waals surface area contributed by atoms with Gasteiger partial charge in [0.05, 0.1) is 11.6 Å². The van der Waals surface area contributed by atoms with E-state index in [4.69, 9.17) is 0 Å². The largest absolute Gasteiger partial charge is 0.416 e. The Labute approximate surface area is 131 Å². The summed E-state index contributed by atoms with van der Waals surface area (Å²) in [5.74, 6) is 1.00. The Balaban J connectivity index is 1.84. The lowest BCUT2D eigenvalue weighted by molar-refractivity contribution is -0.137. The topological polar surface area (TPSA) is 55.6 Å². The monoisotopic (exact) mass is 325 g/mol. The van der Waals surface area contributed by atoms with E-state index in [2.05, 4.69) is 20.8 Å². The number of nitrogens with zero attached hydrogens (tertiary/aromatic N) is 4. The van der Waals surface area contributed by atoms with Gasteiger partial charge in [-0.3, -0.25) is 0 Å². The van der Waals surface area contributed by atoms with E-state index in [0.29, 0.717) is 17.3 Å². The van der Waals surface area contributed by atoms with Crippen LogP contribution in [-0.4, -0.2) is 20.2 Å². The Morgan fingerprint density at radius 1 is 1.30 bits per heavy atom. The van der Waals surface area contributed by atoms with E-state index in [9.17, 15) is 13.2 Å². The minimum absolute atomic E-state index is 0.135. The van der Waals surface area contributed by atoms with Gasteiger partial charge in [0, 0.05) is 13.1 Å². The van der Waals surface area contributed by atoms with Crippen LogP contribution in [0.4, 0.5) is 13.2 Å². The van der Waals surface area contributed by atoms with Gasteiger partial charge in [0.25, 0.3) is 0 Å². The molecule has 1 aliphatic carbocycles. The number of aryl methyl sites for hydroxylation is 1. The Morgan fingerprint density at radius 3 is 2.61 bits per heavy atom. The molecule has 23 heavy (non-hydrogen) atoms. The van der Waals surface area contributed by atoms with Gasteiger partial charge in [0.1, 0.15) is 0 Å². The van der Waals surface area contributed by atoms with Gasteiger partial charge in [-0.05, 0) is 53.8 Å². The minimum atomic E-state index is -4.33. The predicted octanol–water partition coefficient (Wildman–Crippen LogP) is 3.03. The number of hydrogen-bond acceptors (Lipinski definition) is 4. The fraction of sp³-hybridized carbons (Fsp3) is 0.533. The number of aromatic nitrogens is 4. The number of benzene rings is 1. The Kier molecular flexibility index (Phi) is 4.09. The summed E-state index contributed by atoms with van der Waals surface area (Å²) in [6.07, 6.45) is -2.31. The third-order valence-corrected chi connectivity index (χ3v) is 4.14. The first-order valence-electron chi connectivity index (χ1n) is 7.51. The first kappa shape index (κ1) is 15.9. The Morgan fingerprint density at radius 2 is 2.04 bits per heavy atom. The molecule has 0 radical (unpaired) electrons. The van der Waals surface area contributed by atoms with Gasteiger partial charge in [-0.15, -0.1) is 5.10 Å². The molecule has 5 nitrogen and oxygen atoms in total. The van der Waals surface area contributed by atoms with Crippen LogP contribution in [0.2, 0.25) is 0 Å². The number of rotatable bonds is 5. The van der Waals surface area contributed by atoms with Crippen molar-refractivity contribution in [3.05, 3.63) is 41.2 Å². The van der Waals surface area contributed by atoms with E-state index in [1.165, 1.54) is 12.1 Å². The minimum Gasteiger partial charge on any atom is -0.300 e. The van der Waals surface area contributed by atoms with Crippen LogP contribution in [0.25, 0.3) is 0 Å². The van der Waals surface area contributed by atoms with Gasteiger partial charge in [-0.1, -0.05) is 12.1 Å². The molecule has 2 unspecified atom stereocenters. The summed E-state index contributed by atoms with van der Waals surface area (Å²) >= 11 is 0. The molecule has 1 N–H and O–H groups in total. The van der Waals surface area contributed by atoms with Crippen molar-refractivity contribution in [3.8, 4) is 0 Å². The van der Waals surface area contributed by atoms with Crippen molar-refractivity contribution < 1.29 is 13.2 Å². The quantitative estimate of drug-likeness (QED) is 0.918. The van der Waals surface area contributed by atoms with Crippen molar-refractivity contribution in [1.29, 1.82) is 0 Å². The van der Waals surface area contributed by atoms with Crippen LogP contribution in [-0.2, 0) is 13.2 Å². The van der Waals surface area contributed by atoms with Crippen molar-refractivity contribution in [3.63, 3.8) is 0 Å². The second-order valence-electron chi connectivity index (χ2n) is 5.99. The average molecular weight is 325 g/mol. The maximum absolute atomic E-state index is 12.9. The van der Waals surface area contributed by atoms with Crippen LogP contribution >= 0.6 is 0 Å². The lowest BCUT2D eigenvalue weighted by Gasteiger charge is -2.23. The normalized spacial score (nSPS) is 18.0. The summed E-state index contributed by atoms with van der Waals surface area (Å²) in [4.78, 5) is 0. The molecule has 124 valence electrons. The van der Waals surface area contributed by atoms with Crippen LogP contribution < -0.4 is 5.32 Å². The fourth-order valence-corrected chi connectivity index (χ4v) is 2.79. The molecule has 1 aromatic carbocycles. The zero-order valence-corrected chi connectivity index (χ0v) is 12.9. The second-order valence-corrected chi connectivity index (χ2v) is 5.99. The summed E-state index contributed by atoms with van der Waals surface area (Å²) in [5, 5.41) is 14.7. The van der Waals surface area contributed by atoms with Crippen molar-refractivity contribution in [2.24, 2.45) is 13.0 Å². The van der Waals surface area contributed by atoms with Gasteiger partial charge in [0.15, 0.2) is 5.82 Å².